The van der Waals surface area contributed by atoms with Crippen LogP contribution >= 0.6 is 34.4 Å². The first kappa shape index (κ1) is 21.1. The Balaban J connectivity index is 1.51. The van der Waals surface area contributed by atoms with Gasteiger partial charge in [0.15, 0.2) is 10.1 Å². The number of thiazole rings is 1. The van der Waals surface area contributed by atoms with Crippen LogP contribution < -0.4 is 11.1 Å². The Kier molecular flexibility index (Phi) is 5.27. The minimum atomic E-state index is -0.0852. The van der Waals surface area contributed by atoms with Gasteiger partial charge >= 0.3 is 0 Å². The standard InChI is InChI=1S/C23H20N4O2S3/c1-12-5-6-15(7-13(12)2)17-11-30-20-19(17)21(29)26(4)22(25-20)32-10-16-8-18(28)27-14(3)9-31-23(27)24-16/h5-9,11H,10H2,1-4H3. The number of aryl methyl sites for hydroxylation is 3. The first-order chi connectivity index (χ1) is 15.3. The number of fused-ring (bicyclic) bond motifs is 2. The molecular weight excluding hydrogens is 460 g/mol. The van der Waals surface area contributed by atoms with E-state index in [0.717, 1.165) is 21.7 Å². The van der Waals surface area contributed by atoms with Crippen LogP contribution in [0.1, 0.15) is 22.5 Å². The molecule has 162 valence electrons. The Bertz CT molecular complexity index is 1620. The molecule has 0 aliphatic heterocycles. The molecule has 0 N–H and O–H groups in total. The fourth-order valence-corrected chi connectivity index (χ4v) is 6.36. The molecule has 4 aromatic heterocycles. The van der Waals surface area contributed by atoms with Gasteiger partial charge in [-0.3, -0.25) is 18.6 Å². The van der Waals surface area contributed by atoms with E-state index in [4.69, 9.17) is 4.98 Å². The first-order valence-corrected chi connectivity index (χ1v) is 12.7. The van der Waals surface area contributed by atoms with Crippen LogP contribution in [0.15, 0.2) is 49.8 Å². The Hall–Kier alpha value is -2.75. The summed E-state index contributed by atoms with van der Waals surface area (Å²) in [5.41, 5.74) is 5.78. The molecule has 6 nitrogen and oxygen atoms in total. The molecule has 0 saturated carbocycles. The van der Waals surface area contributed by atoms with E-state index in [1.807, 2.05) is 17.7 Å². The lowest BCUT2D eigenvalue weighted by atomic mass is 10.0. The van der Waals surface area contributed by atoms with E-state index in [1.165, 1.54) is 45.6 Å². The number of hydrogen-bond acceptors (Lipinski definition) is 7. The van der Waals surface area contributed by atoms with E-state index < -0.39 is 0 Å². The van der Waals surface area contributed by atoms with E-state index in [-0.39, 0.29) is 11.1 Å². The summed E-state index contributed by atoms with van der Waals surface area (Å²) < 4.78 is 3.20. The van der Waals surface area contributed by atoms with Gasteiger partial charge in [0.1, 0.15) is 4.83 Å². The second-order valence-electron chi connectivity index (χ2n) is 7.76. The number of benzene rings is 1. The molecule has 1 aromatic carbocycles. The van der Waals surface area contributed by atoms with Gasteiger partial charge < -0.3 is 0 Å². The maximum Gasteiger partial charge on any atom is 0.263 e. The zero-order valence-corrected chi connectivity index (χ0v) is 20.5. The van der Waals surface area contributed by atoms with E-state index in [0.29, 0.717) is 27.0 Å². The van der Waals surface area contributed by atoms with Gasteiger partial charge in [0.25, 0.3) is 11.1 Å². The highest BCUT2D eigenvalue weighted by Gasteiger charge is 2.17. The highest BCUT2D eigenvalue weighted by atomic mass is 32.2. The van der Waals surface area contributed by atoms with E-state index >= 15 is 0 Å². The largest absolute Gasteiger partial charge is 0.290 e. The fourth-order valence-electron chi connectivity index (χ4n) is 3.62. The molecule has 0 atom stereocenters. The Morgan fingerprint density at radius 3 is 2.59 bits per heavy atom. The summed E-state index contributed by atoms with van der Waals surface area (Å²) >= 11 is 4.34. The molecule has 0 bridgehead atoms. The van der Waals surface area contributed by atoms with Crippen LogP contribution in [0.3, 0.4) is 0 Å². The van der Waals surface area contributed by atoms with Crippen molar-refractivity contribution in [3.63, 3.8) is 0 Å². The van der Waals surface area contributed by atoms with Crippen molar-refractivity contribution < 1.29 is 0 Å². The minimum absolute atomic E-state index is 0.0654. The molecule has 0 unspecified atom stereocenters. The molecule has 0 amide bonds. The lowest BCUT2D eigenvalue weighted by molar-refractivity contribution is 0.728. The molecule has 5 rings (SSSR count). The SMILES string of the molecule is Cc1ccc(-c2csc3nc(SCc4cc(=O)n5c(C)csc5n4)n(C)c(=O)c23)cc1C. The molecule has 0 fully saturated rings. The Morgan fingerprint density at radius 2 is 1.81 bits per heavy atom. The maximum atomic E-state index is 13.2. The topological polar surface area (TPSA) is 69.3 Å². The zero-order chi connectivity index (χ0) is 22.6. The van der Waals surface area contributed by atoms with Crippen molar-refractivity contribution in [3.8, 4) is 11.1 Å². The van der Waals surface area contributed by atoms with Crippen LogP contribution in [0.4, 0.5) is 0 Å². The summed E-state index contributed by atoms with van der Waals surface area (Å²) in [6.45, 7) is 6.05. The summed E-state index contributed by atoms with van der Waals surface area (Å²) in [6, 6.07) is 7.81. The molecule has 9 heteroatoms. The number of thiophene rings is 1. The lowest BCUT2D eigenvalue weighted by Crippen LogP contribution is -2.20. The summed E-state index contributed by atoms with van der Waals surface area (Å²) in [4.78, 5) is 36.4. The minimum Gasteiger partial charge on any atom is -0.290 e. The van der Waals surface area contributed by atoms with Crippen molar-refractivity contribution >= 4 is 49.6 Å². The van der Waals surface area contributed by atoms with Crippen molar-refractivity contribution in [1.82, 2.24) is 18.9 Å². The summed E-state index contributed by atoms with van der Waals surface area (Å²) in [7, 11) is 1.74. The van der Waals surface area contributed by atoms with Gasteiger partial charge in [0, 0.05) is 40.9 Å². The van der Waals surface area contributed by atoms with Gasteiger partial charge in [0.2, 0.25) is 0 Å². The predicted octanol–water partition coefficient (Wildman–Crippen LogP) is 4.95. The van der Waals surface area contributed by atoms with Gasteiger partial charge in [-0.15, -0.1) is 22.7 Å². The molecule has 0 radical (unpaired) electrons. The molecule has 0 saturated heterocycles. The van der Waals surface area contributed by atoms with E-state index in [1.54, 1.807) is 22.1 Å². The van der Waals surface area contributed by atoms with Crippen LogP contribution in [0.25, 0.3) is 26.3 Å². The molecule has 5 aromatic rings. The van der Waals surface area contributed by atoms with Crippen molar-refractivity contribution in [1.29, 1.82) is 0 Å². The predicted molar refractivity (Wildman–Crippen MR) is 133 cm³/mol. The molecule has 0 aliphatic rings. The second-order valence-corrected chi connectivity index (χ2v) is 10.4. The van der Waals surface area contributed by atoms with Gasteiger partial charge in [-0.1, -0.05) is 30.0 Å². The van der Waals surface area contributed by atoms with Crippen LogP contribution in [-0.2, 0) is 12.8 Å². The second kappa shape index (κ2) is 7.99. The molecule has 0 spiro atoms. The Labute approximate surface area is 196 Å². The maximum absolute atomic E-state index is 13.2. The smallest absolute Gasteiger partial charge is 0.263 e. The third-order valence-electron chi connectivity index (χ3n) is 5.57. The summed E-state index contributed by atoms with van der Waals surface area (Å²) in [5.74, 6) is 0.462. The van der Waals surface area contributed by atoms with Crippen LogP contribution in [0, 0.1) is 20.8 Å². The quantitative estimate of drug-likeness (QED) is 0.269. The Morgan fingerprint density at radius 1 is 1.00 bits per heavy atom. The third-order valence-corrected chi connectivity index (χ3v) is 8.45. The van der Waals surface area contributed by atoms with Crippen molar-refractivity contribution in [2.45, 2.75) is 31.7 Å². The summed E-state index contributed by atoms with van der Waals surface area (Å²) in [6.07, 6.45) is 0. The highest BCUT2D eigenvalue weighted by molar-refractivity contribution is 7.98. The van der Waals surface area contributed by atoms with Crippen LogP contribution in [0.5, 0.6) is 0 Å². The average Bonchev–Trinajstić information content (AvgIpc) is 3.35. The number of hydrogen-bond donors (Lipinski definition) is 0. The fraction of sp³-hybridized carbons (Fsp3) is 0.217. The van der Waals surface area contributed by atoms with Gasteiger partial charge in [0.05, 0.1) is 11.1 Å². The van der Waals surface area contributed by atoms with Crippen molar-refractivity contribution in [2.24, 2.45) is 7.05 Å². The lowest BCUT2D eigenvalue weighted by Gasteiger charge is -2.08. The summed E-state index contributed by atoms with van der Waals surface area (Å²) in [5, 5.41) is 5.19. The molecule has 0 aliphatic carbocycles. The first-order valence-electron chi connectivity index (χ1n) is 9.99. The van der Waals surface area contributed by atoms with Crippen LogP contribution in [-0.4, -0.2) is 18.9 Å². The number of thioether (sulfide) groups is 1. The van der Waals surface area contributed by atoms with E-state index in [9.17, 15) is 9.59 Å². The number of nitrogens with zero attached hydrogens (tertiary/aromatic N) is 4. The van der Waals surface area contributed by atoms with Gasteiger partial charge in [-0.2, -0.15) is 0 Å². The normalized spacial score (nSPS) is 11.6. The molecule has 32 heavy (non-hydrogen) atoms. The van der Waals surface area contributed by atoms with Crippen molar-refractivity contribution in [3.05, 3.63) is 78.2 Å². The highest BCUT2D eigenvalue weighted by Crippen LogP contribution is 2.33. The third kappa shape index (κ3) is 3.50. The number of rotatable bonds is 4. The monoisotopic (exact) mass is 480 g/mol. The average molecular weight is 481 g/mol. The van der Waals surface area contributed by atoms with E-state index in [2.05, 4.69) is 37.0 Å². The van der Waals surface area contributed by atoms with Crippen LogP contribution in [0.2, 0.25) is 0 Å². The van der Waals surface area contributed by atoms with Crippen molar-refractivity contribution in [2.75, 3.05) is 0 Å². The van der Waals surface area contributed by atoms with Gasteiger partial charge in [-0.25, -0.2) is 9.97 Å². The zero-order valence-electron chi connectivity index (χ0n) is 18.0. The molecule has 4 heterocycles. The van der Waals surface area contributed by atoms with Gasteiger partial charge in [-0.05, 0) is 37.5 Å². The molecular formula is C23H20N4O2S3. The number of aromatic nitrogens is 4.